The number of halogens is 3. The zero-order chi connectivity index (χ0) is 14.7. The van der Waals surface area contributed by atoms with Gasteiger partial charge < -0.3 is 4.74 Å². The Morgan fingerprint density at radius 1 is 1.05 bits per heavy atom. The number of hydrogen-bond donors (Lipinski definition) is 0. The van der Waals surface area contributed by atoms with Gasteiger partial charge in [-0.1, -0.05) is 40.9 Å². The highest BCUT2D eigenvalue weighted by atomic mass is 35.5. The molecular formula is C15H11Cl3O2. The van der Waals surface area contributed by atoms with Crippen molar-refractivity contribution in [3.63, 3.8) is 0 Å². The summed E-state index contributed by atoms with van der Waals surface area (Å²) in [6.45, 7) is 0. The van der Waals surface area contributed by atoms with Crippen molar-refractivity contribution >= 4 is 40.6 Å². The Kier molecular flexibility index (Phi) is 4.92. The molecule has 0 spiro atoms. The lowest BCUT2D eigenvalue weighted by Gasteiger charge is -2.09. The Labute approximate surface area is 132 Å². The van der Waals surface area contributed by atoms with Crippen LogP contribution in [0.2, 0.25) is 15.1 Å². The van der Waals surface area contributed by atoms with Gasteiger partial charge in [0.25, 0.3) is 0 Å². The van der Waals surface area contributed by atoms with Gasteiger partial charge in [-0.3, -0.25) is 4.79 Å². The summed E-state index contributed by atoms with van der Waals surface area (Å²) in [6.07, 6.45) is 0.159. The van der Waals surface area contributed by atoms with Gasteiger partial charge >= 0.3 is 0 Å². The van der Waals surface area contributed by atoms with Crippen LogP contribution in [0.25, 0.3) is 0 Å². The van der Waals surface area contributed by atoms with Gasteiger partial charge in [-0.25, -0.2) is 0 Å². The molecule has 104 valence electrons. The van der Waals surface area contributed by atoms with Crippen molar-refractivity contribution in [3.8, 4) is 5.75 Å². The zero-order valence-electron chi connectivity index (χ0n) is 10.6. The lowest BCUT2D eigenvalue weighted by molar-refractivity contribution is 0.0990. The van der Waals surface area contributed by atoms with Crippen LogP contribution >= 0.6 is 34.8 Å². The van der Waals surface area contributed by atoms with Crippen molar-refractivity contribution in [1.82, 2.24) is 0 Å². The summed E-state index contributed by atoms with van der Waals surface area (Å²) in [5.74, 6) is 0.373. The monoisotopic (exact) mass is 328 g/mol. The smallest absolute Gasteiger partial charge is 0.171 e. The third-order valence-electron chi connectivity index (χ3n) is 2.83. The Morgan fingerprint density at radius 2 is 1.70 bits per heavy atom. The number of ketones is 1. The van der Waals surface area contributed by atoms with E-state index >= 15 is 0 Å². The third kappa shape index (κ3) is 3.45. The fourth-order valence-corrected chi connectivity index (χ4v) is 2.48. The van der Waals surface area contributed by atoms with Crippen LogP contribution < -0.4 is 4.74 Å². The van der Waals surface area contributed by atoms with E-state index in [4.69, 9.17) is 39.5 Å². The third-order valence-corrected chi connectivity index (χ3v) is 3.65. The topological polar surface area (TPSA) is 26.3 Å². The number of hydrogen-bond acceptors (Lipinski definition) is 2. The number of carbonyl (C=O) groups excluding carboxylic acids is 1. The molecule has 0 atom stereocenters. The summed E-state index contributed by atoms with van der Waals surface area (Å²) in [7, 11) is 1.51. The van der Waals surface area contributed by atoms with Crippen LogP contribution in [-0.4, -0.2) is 12.9 Å². The molecule has 0 unspecified atom stereocenters. The zero-order valence-corrected chi connectivity index (χ0v) is 12.9. The summed E-state index contributed by atoms with van der Waals surface area (Å²) in [5, 5.41) is 1.48. The lowest BCUT2D eigenvalue weighted by Crippen LogP contribution is -2.06. The van der Waals surface area contributed by atoms with Gasteiger partial charge in [-0.2, -0.15) is 0 Å². The van der Waals surface area contributed by atoms with E-state index < -0.39 is 0 Å². The summed E-state index contributed by atoms with van der Waals surface area (Å²) in [4.78, 5) is 12.4. The molecule has 0 heterocycles. The van der Waals surface area contributed by atoms with Crippen LogP contribution in [0.1, 0.15) is 15.9 Å². The summed E-state index contributed by atoms with van der Waals surface area (Å²) >= 11 is 17.8. The molecule has 2 aromatic carbocycles. The molecule has 0 amide bonds. The van der Waals surface area contributed by atoms with Crippen LogP contribution in [0.3, 0.4) is 0 Å². The van der Waals surface area contributed by atoms with E-state index in [2.05, 4.69) is 0 Å². The van der Waals surface area contributed by atoms with Gasteiger partial charge in [-0.15, -0.1) is 0 Å². The number of Topliss-reactive ketones (excluding diaryl/α,β-unsaturated/α-hetero) is 1. The van der Waals surface area contributed by atoms with E-state index in [9.17, 15) is 4.79 Å². The fraction of sp³-hybridized carbons (Fsp3) is 0.133. The van der Waals surface area contributed by atoms with E-state index in [0.717, 1.165) is 0 Å². The largest absolute Gasteiger partial charge is 0.496 e. The van der Waals surface area contributed by atoms with E-state index in [1.807, 2.05) is 0 Å². The second kappa shape index (κ2) is 6.49. The molecule has 2 nitrogen and oxygen atoms in total. The maximum atomic E-state index is 12.4. The molecule has 0 aliphatic heterocycles. The van der Waals surface area contributed by atoms with Gasteiger partial charge in [0, 0.05) is 21.5 Å². The average Bonchev–Trinajstić information content (AvgIpc) is 2.41. The Hall–Kier alpha value is -1.22. The van der Waals surface area contributed by atoms with Crippen LogP contribution in [0, 0.1) is 0 Å². The van der Waals surface area contributed by atoms with Crippen molar-refractivity contribution in [2.75, 3.05) is 7.11 Å². The average molecular weight is 330 g/mol. The molecule has 0 fully saturated rings. The maximum absolute atomic E-state index is 12.4. The van der Waals surface area contributed by atoms with E-state index in [0.29, 0.717) is 31.9 Å². The molecule has 0 saturated heterocycles. The van der Waals surface area contributed by atoms with Crippen molar-refractivity contribution < 1.29 is 9.53 Å². The van der Waals surface area contributed by atoms with Gasteiger partial charge in [0.05, 0.1) is 12.7 Å². The second-order valence-electron chi connectivity index (χ2n) is 4.18. The number of benzene rings is 2. The van der Waals surface area contributed by atoms with Crippen LogP contribution in [-0.2, 0) is 6.42 Å². The quantitative estimate of drug-likeness (QED) is 0.731. The fourth-order valence-electron chi connectivity index (χ4n) is 1.83. The molecule has 0 N–H and O–H groups in total. The maximum Gasteiger partial charge on any atom is 0.171 e. The molecule has 5 heteroatoms. The standard InChI is InChI=1S/C15H11Cl3O2/c1-20-15-5-4-10(16)7-12(15)14(19)6-9-2-3-11(17)8-13(9)18/h2-5,7-8H,6H2,1H3. The van der Waals surface area contributed by atoms with Crippen molar-refractivity contribution in [2.24, 2.45) is 0 Å². The molecular weight excluding hydrogens is 319 g/mol. The van der Waals surface area contributed by atoms with Crippen LogP contribution in [0.4, 0.5) is 0 Å². The first-order chi connectivity index (χ1) is 9.51. The Balaban J connectivity index is 2.30. The Bertz CT molecular complexity index is 654. The minimum Gasteiger partial charge on any atom is -0.496 e. The number of ether oxygens (including phenoxy) is 1. The van der Waals surface area contributed by atoms with E-state index in [1.165, 1.54) is 7.11 Å². The SMILES string of the molecule is COc1ccc(Cl)cc1C(=O)Cc1ccc(Cl)cc1Cl. The molecule has 20 heavy (non-hydrogen) atoms. The van der Waals surface area contributed by atoms with Crippen LogP contribution in [0.5, 0.6) is 5.75 Å². The van der Waals surface area contributed by atoms with Gasteiger partial charge in [0.2, 0.25) is 0 Å². The summed E-state index contributed by atoms with van der Waals surface area (Å²) < 4.78 is 5.17. The minimum atomic E-state index is -0.117. The normalized spacial score (nSPS) is 10.4. The first kappa shape index (κ1) is 15.2. The van der Waals surface area contributed by atoms with E-state index in [1.54, 1.807) is 36.4 Å². The Morgan fingerprint density at radius 3 is 2.35 bits per heavy atom. The summed E-state index contributed by atoms with van der Waals surface area (Å²) in [5.41, 5.74) is 1.15. The molecule has 2 aromatic rings. The van der Waals surface area contributed by atoms with Gasteiger partial charge in [-0.05, 0) is 35.9 Å². The highest BCUT2D eigenvalue weighted by Crippen LogP contribution is 2.26. The molecule has 2 rings (SSSR count). The molecule has 0 aliphatic carbocycles. The number of rotatable bonds is 4. The first-order valence-corrected chi connectivity index (χ1v) is 6.95. The van der Waals surface area contributed by atoms with E-state index in [-0.39, 0.29) is 12.2 Å². The van der Waals surface area contributed by atoms with Gasteiger partial charge in [0.15, 0.2) is 5.78 Å². The highest BCUT2D eigenvalue weighted by molar-refractivity contribution is 6.35. The second-order valence-corrected chi connectivity index (χ2v) is 5.46. The molecule has 0 aliphatic rings. The van der Waals surface area contributed by atoms with Crippen molar-refractivity contribution in [2.45, 2.75) is 6.42 Å². The minimum absolute atomic E-state index is 0.117. The highest BCUT2D eigenvalue weighted by Gasteiger charge is 2.15. The first-order valence-electron chi connectivity index (χ1n) is 5.82. The predicted molar refractivity (Wildman–Crippen MR) is 82.5 cm³/mol. The molecule has 0 aromatic heterocycles. The summed E-state index contributed by atoms with van der Waals surface area (Å²) in [6, 6.07) is 9.98. The molecule has 0 radical (unpaired) electrons. The number of methoxy groups -OCH3 is 1. The lowest BCUT2D eigenvalue weighted by atomic mass is 10.0. The van der Waals surface area contributed by atoms with Crippen molar-refractivity contribution in [3.05, 3.63) is 62.6 Å². The van der Waals surface area contributed by atoms with Crippen LogP contribution in [0.15, 0.2) is 36.4 Å². The van der Waals surface area contributed by atoms with Gasteiger partial charge in [0.1, 0.15) is 5.75 Å². The molecule has 0 saturated carbocycles. The predicted octanol–water partition coefficient (Wildman–Crippen LogP) is 5.08. The molecule has 0 bridgehead atoms. The van der Waals surface area contributed by atoms with Crippen molar-refractivity contribution in [1.29, 1.82) is 0 Å². The number of carbonyl (C=O) groups is 1.